The van der Waals surface area contributed by atoms with Gasteiger partial charge in [-0.25, -0.2) is 8.42 Å². The molecule has 1 aliphatic heterocycles. The molecule has 1 N–H and O–H groups in total. The fourth-order valence-corrected chi connectivity index (χ4v) is 3.09. The van der Waals surface area contributed by atoms with Gasteiger partial charge in [0, 0.05) is 17.7 Å². The number of amides is 1. The number of fused-ring (bicyclic) bond motifs is 1. The van der Waals surface area contributed by atoms with Crippen LogP contribution in [0.15, 0.2) is 24.3 Å². The first-order valence-electron chi connectivity index (χ1n) is 6.69. The van der Waals surface area contributed by atoms with Gasteiger partial charge >= 0.3 is 0 Å². The fourth-order valence-electron chi connectivity index (χ4n) is 2.19. The number of carbonyl (C=O) groups excluding carboxylic acids is 1. The van der Waals surface area contributed by atoms with Crippen molar-refractivity contribution in [1.29, 1.82) is 0 Å². The van der Waals surface area contributed by atoms with Crippen LogP contribution in [0.2, 0.25) is 0 Å². The van der Waals surface area contributed by atoms with Crippen LogP contribution >= 0.6 is 0 Å². The number of para-hydroxylation sites is 1. The zero-order valence-electron chi connectivity index (χ0n) is 11.6. The van der Waals surface area contributed by atoms with E-state index in [1.165, 1.54) is 6.92 Å². The predicted octanol–water partition coefficient (Wildman–Crippen LogP) is 1.45. The zero-order chi connectivity index (χ0) is 14.8. The smallest absolute Gasteiger partial charge is 0.238 e. The van der Waals surface area contributed by atoms with Crippen LogP contribution < -0.4 is 10.1 Å². The number of benzene rings is 1. The number of ether oxygens (including phenoxy) is 1. The van der Waals surface area contributed by atoms with Crippen LogP contribution in [0.3, 0.4) is 0 Å². The SMILES string of the molecule is CCS(=O)(=O)[C@@H](C)C(=O)N[C@H]1CCOc2ccccc21. The van der Waals surface area contributed by atoms with Gasteiger partial charge in [-0.15, -0.1) is 0 Å². The van der Waals surface area contributed by atoms with E-state index in [1.807, 2.05) is 24.3 Å². The Labute approximate surface area is 119 Å². The van der Waals surface area contributed by atoms with Gasteiger partial charge in [0.1, 0.15) is 11.0 Å². The van der Waals surface area contributed by atoms with Crippen molar-refractivity contribution in [2.75, 3.05) is 12.4 Å². The second-order valence-electron chi connectivity index (χ2n) is 4.83. The lowest BCUT2D eigenvalue weighted by molar-refractivity contribution is -0.121. The second-order valence-corrected chi connectivity index (χ2v) is 7.44. The maximum absolute atomic E-state index is 12.1. The van der Waals surface area contributed by atoms with E-state index in [9.17, 15) is 13.2 Å². The molecule has 1 heterocycles. The maximum atomic E-state index is 12.1. The summed E-state index contributed by atoms with van der Waals surface area (Å²) in [5.41, 5.74) is 0.896. The van der Waals surface area contributed by atoms with Crippen LogP contribution in [0.25, 0.3) is 0 Å². The molecule has 6 heteroatoms. The van der Waals surface area contributed by atoms with Gasteiger partial charge in [-0.3, -0.25) is 4.79 Å². The molecule has 5 nitrogen and oxygen atoms in total. The van der Waals surface area contributed by atoms with Crippen molar-refractivity contribution in [3.63, 3.8) is 0 Å². The second kappa shape index (κ2) is 5.83. The molecule has 0 unspecified atom stereocenters. The Balaban J connectivity index is 2.14. The predicted molar refractivity (Wildman–Crippen MR) is 76.4 cm³/mol. The third kappa shape index (κ3) is 2.95. The molecule has 1 amide bonds. The summed E-state index contributed by atoms with van der Waals surface area (Å²) in [6.07, 6.45) is 0.641. The molecule has 1 aliphatic rings. The summed E-state index contributed by atoms with van der Waals surface area (Å²) in [7, 11) is -3.37. The van der Waals surface area contributed by atoms with Crippen LogP contribution in [-0.2, 0) is 14.6 Å². The van der Waals surface area contributed by atoms with Gasteiger partial charge in [-0.1, -0.05) is 25.1 Å². The average molecular weight is 297 g/mol. The molecule has 0 saturated heterocycles. The van der Waals surface area contributed by atoms with Gasteiger partial charge in [-0.05, 0) is 13.0 Å². The van der Waals surface area contributed by atoms with Crippen molar-refractivity contribution < 1.29 is 17.9 Å². The highest BCUT2D eigenvalue weighted by molar-refractivity contribution is 7.92. The number of hydrogen-bond acceptors (Lipinski definition) is 4. The van der Waals surface area contributed by atoms with Crippen molar-refractivity contribution in [3.05, 3.63) is 29.8 Å². The Kier molecular flexibility index (Phi) is 4.32. The maximum Gasteiger partial charge on any atom is 0.238 e. The van der Waals surface area contributed by atoms with Gasteiger partial charge < -0.3 is 10.1 Å². The molecule has 0 radical (unpaired) electrons. The summed E-state index contributed by atoms with van der Waals surface area (Å²) in [5.74, 6) is 0.259. The summed E-state index contributed by atoms with van der Waals surface area (Å²) in [5, 5.41) is 1.79. The van der Waals surface area contributed by atoms with Gasteiger partial charge in [0.2, 0.25) is 5.91 Å². The van der Waals surface area contributed by atoms with E-state index >= 15 is 0 Å². The number of hydrogen-bond donors (Lipinski definition) is 1. The third-order valence-electron chi connectivity index (χ3n) is 3.59. The normalized spacial score (nSPS) is 19.6. The van der Waals surface area contributed by atoms with Crippen LogP contribution in [0.5, 0.6) is 5.75 Å². The Morgan fingerprint density at radius 2 is 2.15 bits per heavy atom. The van der Waals surface area contributed by atoms with Crippen LogP contribution in [0.4, 0.5) is 0 Å². The average Bonchev–Trinajstić information content (AvgIpc) is 2.46. The van der Waals surface area contributed by atoms with Gasteiger partial charge in [-0.2, -0.15) is 0 Å². The molecule has 110 valence electrons. The number of sulfone groups is 1. The van der Waals surface area contributed by atoms with Gasteiger partial charge in [0.05, 0.1) is 12.6 Å². The molecule has 0 aliphatic carbocycles. The minimum absolute atomic E-state index is 0.0358. The van der Waals surface area contributed by atoms with Gasteiger partial charge in [0.25, 0.3) is 0 Å². The molecule has 0 bridgehead atoms. The molecule has 20 heavy (non-hydrogen) atoms. The minimum Gasteiger partial charge on any atom is -0.493 e. The standard InChI is InChI=1S/C14H19NO4S/c1-3-20(17,18)10(2)14(16)15-12-8-9-19-13-7-5-4-6-11(12)13/h4-7,10,12H,3,8-9H2,1-2H3,(H,15,16)/t10-,12-/m0/s1. The molecular weight excluding hydrogens is 278 g/mol. The largest absolute Gasteiger partial charge is 0.493 e. The first-order chi connectivity index (χ1) is 9.45. The number of rotatable bonds is 4. The molecule has 1 aromatic rings. The fraction of sp³-hybridized carbons (Fsp3) is 0.500. The van der Waals surface area contributed by atoms with E-state index < -0.39 is 21.0 Å². The van der Waals surface area contributed by atoms with Crippen molar-refractivity contribution in [3.8, 4) is 5.75 Å². The lowest BCUT2D eigenvalue weighted by Gasteiger charge is -2.27. The van der Waals surface area contributed by atoms with Crippen molar-refractivity contribution >= 4 is 15.7 Å². The first kappa shape index (κ1) is 14.8. The number of nitrogens with one attached hydrogen (secondary N) is 1. The molecule has 2 atom stereocenters. The van der Waals surface area contributed by atoms with Crippen molar-refractivity contribution in [2.45, 2.75) is 31.6 Å². The summed E-state index contributed by atoms with van der Waals surface area (Å²) >= 11 is 0. The Hall–Kier alpha value is -1.56. The first-order valence-corrected chi connectivity index (χ1v) is 8.41. The minimum atomic E-state index is -3.37. The molecule has 0 aromatic heterocycles. The van der Waals surface area contributed by atoms with E-state index in [4.69, 9.17) is 4.74 Å². The quantitative estimate of drug-likeness (QED) is 0.913. The molecule has 2 rings (SSSR count). The van der Waals surface area contributed by atoms with E-state index in [-0.39, 0.29) is 11.8 Å². The third-order valence-corrected chi connectivity index (χ3v) is 5.68. The van der Waals surface area contributed by atoms with Crippen LogP contribution in [0, 0.1) is 0 Å². The lowest BCUT2D eigenvalue weighted by atomic mass is 10.0. The molecule has 0 fully saturated rings. The van der Waals surface area contributed by atoms with Gasteiger partial charge in [0.15, 0.2) is 9.84 Å². The molecule has 0 spiro atoms. The summed E-state index contributed by atoms with van der Waals surface area (Å²) in [6.45, 7) is 3.49. The number of carbonyl (C=O) groups is 1. The highest BCUT2D eigenvalue weighted by atomic mass is 32.2. The zero-order valence-corrected chi connectivity index (χ0v) is 12.4. The Morgan fingerprint density at radius 3 is 2.85 bits per heavy atom. The van der Waals surface area contributed by atoms with Crippen LogP contribution in [0.1, 0.15) is 31.9 Å². The Bertz CT molecular complexity index is 597. The van der Waals surface area contributed by atoms with E-state index in [2.05, 4.69) is 5.32 Å². The topological polar surface area (TPSA) is 72.5 Å². The lowest BCUT2D eigenvalue weighted by Crippen LogP contribution is -2.41. The highest BCUT2D eigenvalue weighted by Crippen LogP contribution is 2.31. The van der Waals surface area contributed by atoms with Crippen LogP contribution in [-0.4, -0.2) is 31.9 Å². The van der Waals surface area contributed by atoms with E-state index in [0.29, 0.717) is 13.0 Å². The Morgan fingerprint density at radius 1 is 1.45 bits per heavy atom. The summed E-state index contributed by atoms with van der Waals surface area (Å²) < 4.78 is 29.0. The monoisotopic (exact) mass is 297 g/mol. The van der Waals surface area contributed by atoms with E-state index in [0.717, 1.165) is 11.3 Å². The van der Waals surface area contributed by atoms with Crippen molar-refractivity contribution in [1.82, 2.24) is 5.32 Å². The molecular formula is C14H19NO4S. The molecule has 0 saturated carbocycles. The van der Waals surface area contributed by atoms with Crippen molar-refractivity contribution in [2.24, 2.45) is 0 Å². The van der Waals surface area contributed by atoms with E-state index in [1.54, 1.807) is 6.92 Å². The molecule has 1 aromatic carbocycles. The summed E-state index contributed by atoms with van der Waals surface area (Å²) in [6, 6.07) is 7.28. The summed E-state index contributed by atoms with van der Waals surface area (Å²) in [4.78, 5) is 12.1. The highest BCUT2D eigenvalue weighted by Gasteiger charge is 2.30.